The van der Waals surface area contributed by atoms with Gasteiger partial charge in [0.25, 0.3) is 0 Å². The van der Waals surface area contributed by atoms with Crippen molar-refractivity contribution >= 4 is 0 Å². The summed E-state index contributed by atoms with van der Waals surface area (Å²) in [6.45, 7) is 3.91. The average Bonchev–Trinajstić information content (AvgIpc) is 2.39. The fraction of sp³-hybridized carbons (Fsp3) is 0.625. The summed E-state index contributed by atoms with van der Waals surface area (Å²) in [7, 11) is 0. The van der Waals surface area contributed by atoms with E-state index in [9.17, 15) is 10.2 Å². The van der Waals surface area contributed by atoms with E-state index in [1.165, 1.54) is 0 Å². The Morgan fingerprint density at radius 2 is 1.74 bits per heavy atom. The van der Waals surface area contributed by atoms with Gasteiger partial charge in [-0.1, -0.05) is 37.5 Å². The molecule has 0 heterocycles. The molecule has 0 saturated heterocycles. The van der Waals surface area contributed by atoms with Crippen LogP contribution in [0.2, 0.25) is 0 Å². The molecule has 3 nitrogen and oxygen atoms in total. The average molecular weight is 264 g/mol. The number of ether oxygens (including phenoxy) is 1. The van der Waals surface area contributed by atoms with Crippen LogP contribution >= 0.6 is 0 Å². The van der Waals surface area contributed by atoms with Crippen LogP contribution in [0.25, 0.3) is 0 Å². The minimum atomic E-state index is -1.01. The van der Waals surface area contributed by atoms with Crippen molar-refractivity contribution < 1.29 is 14.9 Å². The Morgan fingerprint density at radius 1 is 1.11 bits per heavy atom. The Hall–Kier alpha value is -1.06. The van der Waals surface area contributed by atoms with E-state index in [0.29, 0.717) is 24.2 Å². The van der Waals surface area contributed by atoms with Gasteiger partial charge in [0.05, 0.1) is 11.7 Å². The van der Waals surface area contributed by atoms with Crippen LogP contribution in [-0.4, -0.2) is 21.9 Å². The lowest BCUT2D eigenvalue weighted by atomic mass is 9.78. The second-order valence-corrected chi connectivity index (χ2v) is 5.77. The molecule has 0 amide bonds. The topological polar surface area (TPSA) is 49.7 Å². The van der Waals surface area contributed by atoms with Crippen molar-refractivity contribution in [2.24, 2.45) is 0 Å². The maximum atomic E-state index is 10.6. The normalized spacial score (nSPS) is 20.3. The maximum absolute atomic E-state index is 10.6. The zero-order valence-electron chi connectivity index (χ0n) is 11.8. The third-order valence-electron chi connectivity index (χ3n) is 3.80. The smallest absolute Gasteiger partial charge is 0.125 e. The van der Waals surface area contributed by atoms with Gasteiger partial charge in [-0.15, -0.1) is 0 Å². The van der Waals surface area contributed by atoms with Crippen LogP contribution in [0.5, 0.6) is 5.75 Å². The van der Waals surface area contributed by atoms with Crippen molar-refractivity contribution in [2.75, 3.05) is 0 Å². The monoisotopic (exact) mass is 264 g/mol. The van der Waals surface area contributed by atoms with Crippen molar-refractivity contribution in [3.63, 3.8) is 0 Å². The third-order valence-corrected chi connectivity index (χ3v) is 3.80. The lowest BCUT2D eigenvalue weighted by Crippen LogP contribution is -2.38. The van der Waals surface area contributed by atoms with Crippen LogP contribution < -0.4 is 4.74 Å². The Balaban J connectivity index is 2.24. The molecule has 1 unspecified atom stereocenters. The lowest BCUT2D eigenvalue weighted by molar-refractivity contribution is -0.100. The predicted octanol–water partition coefficient (Wildman–Crippen LogP) is 3.20. The molecule has 1 aromatic rings. The van der Waals surface area contributed by atoms with Crippen LogP contribution in [0.3, 0.4) is 0 Å². The molecule has 0 aromatic heterocycles. The fourth-order valence-electron chi connectivity index (χ4n) is 2.79. The predicted molar refractivity (Wildman–Crippen MR) is 75.2 cm³/mol. The summed E-state index contributed by atoms with van der Waals surface area (Å²) in [4.78, 5) is 0. The largest absolute Gasteiger partial charge is 0.491 e. The quantitative estimate of drug-likeness (QED) is 0.878. The Kier molecular flexibility index (Phi) is 4.48. The van der Waals surface area contributed by atoms with Gasteiger partial charge < -0.3 is 14.9 Å². The number of para-hydroxylation sites is 1. The Morgan fingerprint density at radius 3 is 2.37 bits per heavy atom. The first-order valence-electron chi connectivity index (χ1n) is 7.19. The highest BCUT2D eigenvalue weighted by Gasteiger charge is 2.38. The van der Waals surface area contributed by atoms with E-state index in [1.54, 1.807) is 0 Å². The molecule has 1 aliphatic carbocycles. The van der Waals surface area contributed by atoms with Gasteiger partial charge in [0.15, 0.2) is 0 Å². The maximum Gasteiger partial charge on any atom is 0.125 e. The lowest BCUT2D eigenvalue weighted by Gasteiger charge is -2.37. The van der Waals surface area contributed by atoms with Crippen LogP contribution in [0.4, 0.5) is 0 Å². The van der Waals surface area contributed by atoms with E-state index in [4.69, 9.17) is 4.74 Å². The standard InChI is InChI=1S/C16H24O3/c1-12(2)19-14-9-5-4-8-13(14)15(17)16(18)10-6-3-7-11-16/h4-5,8-9,12,15,17-18H,3,6-7,10-11H2,1-2H3. The molecule has 0 bridgehead atoms. The Bertz CT molecular complexity index is 408. The highest BCUT2D eigenvalue weighted by atomic mass is 16.5. The zero-order valence-corrected chi connectivity index (χ0v) is 11.8. The summed E-state index contributed by atoms with van der Waals surface area (Å²) in [5.41, 5.74) is -0.310. The molecule has 1 aromatic carbocycles. The van der Waals surface area contributed by atoms with Gasteiger partial charge in [-0.2, -0.15) is 0 Å². The number of hydrogen-bond acceptors (Lipinski definition) is 3. The van der Waals surface area contributed by atoms with Crippen LogP contribution in [0.1, 0.15) is 57.6 Å². The Labute approximate surface area is 115 Å². The highest BCUT2D eigenvalue weighted by molar-refractivity contribution is 5.36. The zero-order chi connectivity index (χ0) is 13.9. The molecule has 2 N–H and O–H groups in total. The van der Waals surface area contributed by atoms with Crippen LogP contribution in [0.15, 0.2) is 24.3 Å². The molecule has 19 heavy (non-hydrogen) atoms. The van der Waals surface area contributed by atoms with Crippen molar-refractivity contribution in [3.8, 4) is 5.75 Å². The molecule has 2 rings (SSSR count). The van der Waals surface area contributed by atoms with E-state index in [2.05, 4.69) is 0 Å². The molecular weight excluding hydrogens is 240 g/mol. The molecule has 1 saturated carbocycles. The van der Waals surface area contributed by atoms with Gasteiger partial charge in [-0.3, -0.25) is 0 Å². The van der Waals surface area contributed by atoms with E-state index in [-0.39, 0.29) is 6.10 Å². The molecule has 0 radical (unpaired) electrons. The second kappa shape index (κ2) is 5.93. The second-order valence-electron chi connectivity index (χ2n) is 5.77. The molecule has 1 fully saturated rings. The van der Waals surface area contributed by atoms with Gasteiger partial charge >= 0.3 is 0 Å². The van der Waals surface area contributed by atoms with E-state index < -0.39 is 11.7 Å². The fourth-order valence-corrected chi connectivity index (χ4v) is 2.79. The van der Waals surface area contributed by atoms with E-state index in [0.717, 1.165) is 19.3 Å². The first kappa shape index (κ1) is 14.4. The summed E-state index contributed by atoms with van der Waals surface area (Å²) in [5.74, 6) is 0.670. The van der Waals surface area contributed by atoms with E-state index in [1.807, 2.05) is 38.1 Å². The molecular formula is C16H24O3. The number of aliphatic hydroxyl groups is 2. The molecule has 1 aliphatic rings. The summed E-state index contributed by atoms with van der Waals surface area (Å²) >= 11 is 0. The molecule has 106 valence electrons. The van der Waals surface area contributed by atoms with Crippen LogP contribution in [0, 0.1) is 0 Å². The number of benzene rings is 1. The first-order chi connectivity index (χ1) is 9.03. The third kappa shape index (κ3) is 3.28. The van der Waals surface area contributed by atoms with Gasteiger partial charge in [0.2, 0.25) is 0 Å². The summed E-state index contributed by atoms with van der Waals surface area (Å²) in [6.07, 6.45) is 3.58. The van der Waals surface area contributed by atoms with E-state index >= 15 is 0 Å². The van der Waals surface area contributed by atoms with Crippen molar-refractivity contribution in [1.82, 2.24) is 0 Å². The molecule has 0 spiro atoms. The summed E-state index contributed by atoms with van der Waals surface area (Å²) in [5, 5.41) is 21.2. The number of aliphatic hydroxyl groups excluding tert-OH is 1. The summed E-state index contributed by atoms with van der Waals surface area (Å²) in [6, 6.07) is 7.45. The van der Waals surface area contributed by atoms with Crippen molar-refractivity contribution in [2.45, 2.75) is 63.8 Å². The number of rotatable bonds is 4. The van der Waals surface area contributed by atoms with Gasteiger partial charge in [-0.05, 0) is 32.8 Å². The van der Waals surface area contributed by atoms with Crippen molar-refractivity contribution in [3.05, 3.63) is 29.8 Å². The minimum Gasteiger partial charge on any atom is -0.491 e. The minimum absolute atomic E-state index is 0.0503. The SMILES string of the molecule is CC(C)Oc1ccccc1C(O)C1(O)CCCCC1. The molecule has 3 heteroatoms. The first-order valence-corrected chi connectivity index (χ1v) is 7.19. The highest BCUT2D eigenvalue weighted by Crippen LogP contribution is 2.41. The number of hydrogen-bond donors (Lipinski definition) is 2. The van der Waals surface area contributed by atoms with Gasteiger partial charge in [0.1, 0.15) is 11.9 Å². The van der Waals surface area contributed by atoms with Crippen LogP contribution in [-0.2, 0) is 0 Å². The van der Waals surface area contributed by atoms with Gasteiger partial charge in [-0.25, -0.2) is 0 Å². The summed E-state index contributed by atoms with van der Waals surface area (Å²) < 4.78 is 5.73. The molecule has 1 atom stereocenters. The van der Waals surface area contributed by atoms with Gasteiger partial charge in [0, 0.05) is 5.56 Å². The van der Waals surface area contributed by atoms with Crippen molar-refractivity contribution in [1.29, 1.82) is 0 Å². The molecule has 0 aliphatic heterocycles.